The lowest BCUT2D eigenvalue weighted by atomic mass is 9.97. The molecule has 0 unspecified atom stereocenters. The zero-order valence-corrected chi connectivity index (χ0v) is 15.3. The van der Waals surface area contributed by atoms with Crippen LogP contribution in [0, 0.1) is 0 Å². The van der Waals surface area contributed by atoms with Crippen molar-refractivity contribution in [3.05, 3.63) is 55.0 Å². The minimum absolute atomic E-state index is 0.281. The highest BCUT2D eigenvalue weighted by molar-refractivity contribution is 6.01. The number of ketones is 1. The highest BCUT2D eigenvalue weighted by atomic mass is 16.7. The normalized spacial score (nSPS) is 11.3. The fourth-order valence-corrected chi connectivity index (χ4v) is 1.82. The molecule has 7 heteroatoms. The number of carbonyl (C=O) groups excluding carboxylic acids is 3. The molecular weight excluding hydrogens is 338 g/mol. The number of ether oxygens (including phenoxy) is 2. The molecule has 140 valence electrons. The number of carbonyl (C=O) groups is 3. The standard InChI is InChI=1S/C19H23NO6/c1-7-15(21)20-18(3,4)17(23)26-12(2)25-14-10-8-13(9-11-14)16(22)19(5,6)24/h7-11,24H,1-2H2,3-6H3,(H,20,21). The molecule has 1 aromatic rings. The SMILES string of the molecule is C=CC(=O)NC(C)(C)C(=O)OC(=C)Oc1ccc(C(=O)C(C)(C)O)cc1. The maximum Gasteiger partial charge on any atom is 0.339 e. The van der Waals surface area contributed by atoms with Crippen LogP contribution >= 0.6 is 0 Å². The molecule has 1 aromatic carbocycles. The molecule has 0 radical (unpaired) electrons. The average Bonchev–Trinajstić information content (AvgIpc) is 2.53. The van der Waals surface area contributed by atoms with Gasteiger partial charge in [-0.1, -0.05) is 6.58 Å². The van der Waals surface area contributed by atoms with E-state index in [9.17, 15) is 19.5 Å². The van der Waals surface area contributed by atoms with Gasteiger partial charge in [0.2, 0.25) is 5.91 Å². The number of rotatable bonds is 8. The predicted molar refractivity (Wildman–Crippen MR) is 95.3 cm³/mol. The van der Waals surface area contributed by atoms with Crippen molar-refractivity contribution >= 4 is 17.7 Å². The monoisotopic (exact) mass is 361 g/mol. The molecule has 0 bridgehead atoms. The Morgan fingerprint density at radius 3 is 2.12 bits per heavy atom. The molecule has 26 heavy (non-hydrogen) atoms. The van der Waals surface area contributed by atoms with Crippen LogP contribution in [-0.4, -0.2) is 33.9 Å². The van der Waals surface area contributed by atoms with E-state index in [0.29, 0.717) is 5.56 Å². The zero-order chi connectivity index (χ0) is 20.1. The summed E-state index contributed by atoms with van der Waals surface area (Å²) < 4.78 is 10.3. The number of nitrogens with one attached hydrogen (secondary N) is 1. The molecule has 1 rings (SSSR count). The minimum atomic E-state index is -1.48. The van der Waals surface area contributed by atoms with Crippen LogP contribution in [0.25, 0.3) is 0 Å². The van der Waals surface area contributed by atoms with Crippen molar-refractivity contribution in [3.63, 3.8) is 0 Å². The molecule has 0 saturated carbocycles. The van der Waals surface area contributed by atoms with Crippen molar-refractivity contribution in [2.45, 2.75) is 38.8 Å². The average molecular weight is 361 g/mol. The molecule has 0 heterocycles. The van der Waals surface area contributed by atoms with Crippen LogP contribution in [0.3, 0.4) is 0 Å². The highest BCUT2D eigenvalue weighted by Crippen LogP contribution is 2.19. The van der Waals surface area contributed by atoms with Gasteiger partial charge in [0.25, 0.3) is 5.95 Å². The lowest BCUT2D eigenvalue weighted by Crippen LogP contribution is -2.50. The van der Waals surface area contributed by atoms with Crippen LogP contribution in [0.1, 0.15) is 38.1 Å². The van der Waals surface area contributed by atoms with Gasteiger partial charge in [-0.25, -0.2) is 4.79 Å². The number of aliphatic hydroxyl groups is 1. The van der Waals surface area contributed by atoms with Gasteiger partial charge in [0.1, 0.15) is 16.9 Å². The molecule has 0 atom stereocenters. The maximum absolute atomic E-state index is 12.1. The van der Waals surface area contributed by atoms with Crippen molar-refractivity contribution in [1.82, 2.24) is 5.32 Å². The number of amides is 1. The summed E-state index contributed by atoms with van der Waals surface area (Å²) in [6, 6.07) is 5.89. The smallest absolute Gasteiger partial charge is 0.339 e. The summed E-state index contributed by atoms with van der Waals surface area (Å²) >= 11 is 0. The zero-order valence-electron chi connectivity index (χ0n) is 15.3. The minimum Gasteiger partial charge on any atom is -0.426 e. The van der Waals surface area contributed by atoms with Crippen LogP contribution < -0.4 is 10.1 Å². The van der Waals surface area contributed by atoms with E-state index < -0.39 is 28.8 Å². The van der Waals surface area contributed by atoms with Crippen molar-refractivity contribution < 1.29 is 29.0 Å². The first kappa shape index (κ1) is 21.1. The van der Waals surface area contributed by atoms with Gasteiger partial charge in [0, 0.05) is 5.56 Å². The number of benzene rings is 1. The molecule has 1 amide bonds. The van der Waals surface area contributed by atoms with Gasteiger partial charge < -0.3 is 19.9 Å². The lowest BCUT2D eigenvalue weighted by molar-refractivity contribution is -0.150. The summed E-state index contributed by atoms with van der Waals surface area (Å²) in [5.74, 6) is -1.74. The highest BCUT2D eigenvalue weighted by Gasteiger charge is 2.31. The second kappa shape index (κ2) is 7.97. The van der Waals surface area contributed by atoms with E-state index in [0.717, 1.165) is 6.08 Å². The topological polar surface area (TPSA) is 102 Å². The third-order valence-corrected chi connectivity index (χ3v) is 3.24. The van der Waals surface area contributed by atoms with E-state index in [1.54, 1.807) is 0 Å². The fourth-order valence-electron chi connectivity index (χ4n) is 1.82. The van der Waals surface area contributed by atoms with Crippen molar-refractivity contribution in [3.8, 4) is 5.75 Å². The van der Waals surface area contributed by atoms with Crippen LogP contribution in [0.15, 0.2) is 49.4 Å². The van der Waals surface area contributed by atoms with Gasteiger partial charge in [-0.05, 0) is 64.6 Å². The molecule has 2 N–H and O–H groups in total. The maximum atomic E-state index is 12.1. The van der Waals surface area contributed by atoms with E-state index in [4.69, 9.17) is 9.47 Å². The van der Waals surface area contributed by atoms with Crippen molar-refractivity contribution in [1.29, 1.82) is 0 Å². The van der Waals surface area contributed by atoms with Crippen molar-refractivity contribution in [2.75, 3.05) is 0 Å². The predicted octanol–water partition coefficient (Wildman–Crippen LogP) is 2.11. The Hall–Kier alpha value is -2.93. The molecule has 0 aliphatic rings. The second-order valence-corrected chi connectivity index (χ2v) is 6.59. The van der Waals surface area contributed by atoms with Gasteiger partial charge in [0.05, 0.1) is 0 Å². The first-order valence-corrected chi connectivity index (χ1v) is 7.77. The Kier molecular flexibility index (Phi) is 6.47. The summed E-state index contributed by atoms with van der Waals surface area (Å²) in [7, 11) is 0. The van der Waals surface area contributed by atoms with Crippen LogP contribution in [-0.2, 0) is 14.3 Å². The van der Waals surface area contributed by atoms with E-state index in [1.807, 2.05) is 0 Å². The Balaban J connectivity index is 2.71. The van der Waals surface area contributed by atoms with Gasteiger partial charge in [-0.2, -0.15) is 0 Å². The van der Waals surface area contributed by atoms with Crippen LogP contribution in [0.2, 0.25) is 0 Å². The van der Waals surface area contributed by atoms with Gasteiger partial charge in [-0.15, -0.1) is 0 Å². The molecule has 0 saturated heterocycles. The molecular formula is C19H23NO6. The summed E-state index contributed by atoms with van der Waals surface area (Å²) in [5.41, 5.74) is -2.48. The number of Topliss-reactive ketones (excluding diaryl/α,β-unsaturated/α-hetero) is 1. The molecule has 7 nitrogen and oxygen atoms in total. The molecule has 0 spiro atoms. The van der Waals surface area contributed by atoms with Crippen LogP contribution in [0.4, 0.5) is 0 Å². The Labute approximate surface area is 152 Å². The lowest BCUT2D eigenvalue weighted by Gasteiger charge is -2.23. The van der Waals surface area contributed by atoms with E-state index in [-0.39, 0.29) is 11.7 Å². The summed E-state index contributed by atoms with van der Waals surface area (Å²) in [6.45, 7) is 12.5. The second-order valence-electron chi connectivity index (χ2n) is 6.59. The van der Waals surface area contributed by atoms with Crippen molar-refractivity contribution in [2.24, 2.45) is 0 Å². The Morgan fingerprint density at radius 2 is 1.65 bits per heavy atom. The number of esters is 1. The number of hydrogen-bond acceptors (Lipinski definition) is 6. The molecule has 0 aliphatic carbocycles. The summed E-state index contributed by atoms with van der Waals surface area (Å²) in [5, 5.41) is 12.1. The fraction of sp³-hybridized carbons (Fsp3) is 0.316. The molecule has 0 aromatic heterocycles. The van der Waals surface area contributed by atoms with E-state index in [1.165, 1.54) is 52.0 Å². The summed E-state index contributed by atoms with van der Waals surface area (Å²) in [4.78, 5) is 35.4. The van der Waals surface area contributed by atoms with Gasteiger partial charge in [-0.3, -0.25) is 9.59 Å². The van der Waals surface area contributed by atoms with E-state index in [2.05, 4.69) is 18.5 Å². The first-order valence-electron chi connectivity index (χ1n) is 7.77. The first-order chi connectivity index (χ1) is 11.9. The number of hydrogen-bond donors (Lipinski definition) is 2. The van der Waals surface area contributed by atoms with E-state index >= 15 is 0 Å². The van der Waals surface area contributed by atoms with Gasteiger partial charge >= 0.3 is 5.97 Å². The van der Waals surface area contributed by atoms with Gasteiger partial charge in [0.15, 0.2) is 5.78 Å². The third-order valence-electron chi connectivity index (χ3n) is 3.24. The molecule has 0 fully saturated rings. The molecule has 0 aliphatic heterocycles. The summed E-state index contributed by atoms with van der Waals surface area (Å²) in [6.07, 6.45) is 1.04. The quantitative estimate of drug-likeness (QED) is 0.318. The third kappa shape index (κ3) is 5.86. The Bertz CT molecular complexity index is 725. The van der Waals surface area contributed by atoms with Crippen LogP contribution in [0.5, 0.6) is 5.75 Å². The Morgan fingerprint density at radius 1 is 1.12 bits per heavy atom. The largest absolute Gasteiger partial charge is 0.426 e.